The lowest BCUT2D eigenvalue weighted by atomic mass is 9.92. The average molecular weight is 250 g/mol. The molecular formula is C14H19FN2O. The van der Waals surface area contributed by atoms with Crippen LogP contribution in [0, 0.1) is 11.7 Å². The molecule has 98 valence electrons. The lowest BCUT2D eigenvalue weighted by Crippen LogP contribution is -2.42. The van der Waals surface area contributed by atoms with E-state index >= 15 is 0 Å². The fourth-order valence-corrected chi connectivity index (χ4v) is 2.31. The van der Waals surface area contributed by atoms with Crippen molar-refractivity contribution in [3.8, 4) is 0 Å². The van der Waals surface area contributed by atoms with Crippen LogP contribution in [0.15, 0.2) is 24.3 Å². The van der Waals surface area contributed by atoms with Gasteiger partial charge >= 0.3 is 0 Å². The van der Waals surface area contributed by atoms with Crippen molar-refractivity contribution in [3.63, 3.8) is 0 Å². The Balaban J connectivity index is 1.82. The Hall–Kier alpha value is -1.42. The Labute approximate surface area is 107 Å². The van der Waals surface area contributed by atoms with Gasteiger partial charge < -0.3 is 10.6 Å². The average Bonchev–Trinajstić information content (AvgIpc) is 2.38. The number of carbonyl (C=O) groups excluding carboxylic acids is 1. The Morgan fingerprint density at radius 1 is 1.44 bits per heavy atom. The smallest absolute Gasteiger partial charge is 0.223 e. The second kappa shape index (κ2) is 5.96. The van der Waals surface area contributed by atoms with Crippen molar-refractivity contribution in [2.45, 2.75) is 32.4 Å². The molecule has 1 aliphatic heterocycles. The van der Waals surface area contributed by atoms with Crippen LogP contribution in [0.1, 0.15) is 25.3 Å². The standard InChI is InChI=1S/C14H19FN2O/c1-10-8-12(6-7-16-10)14(18)17-9-11-2-4-13(15)5-3-11/h2-5,10,12,16H,6-9H2,1H3,(H,17,18)/t10-,12-/m0/s1. The summed E-state index contributed by atoms with van der Waals surface area (Å²) in [6.07, 6.45) is 1.77. The highest BCUT2D eigenvalue weighted by molar-refractivity contribution is 5.78. The van der Waals surface area contributed by atoms with Crippen LogP contribution in [-0.4, -0.2) is 18.5 Å². The molecule has 0 aromatic heterocycles. The van der Waals surface area contributed by atoms with Crippen molar-refractivity contribution in [3.05, 3.63) is 35.6 Å². The predicted molar refractivity (Wildman–Crippen MR) is 68.4 cm³/mol. The molecule has 0 aliphatic carbocycles. The van der Waals surface area contributed by atoms with Gasteiger partial charge in [0.15, 0.2) is 0 Å². The maximum atomic E-state index is 12.7. The molecule has 1 heterocycles. The van der Waals surface area contributed by atoms with E-state index in [9.17, 15) is 9.18 Å². The van der Waals surface area contributed by atoms with Crippen LogP contribution in [0.5, 0.6) is 0 Å². The number of benzene rings is 1. The number of rotatable bonds is 3. The summed E-state index contributed by atoms with van der Waals surface area (Å²) in [7, 11) is 0. The molecule has 0 radical (unpaired) electrons. The topological polar surface area (TPSA) is 41.1 Å². The van der Waals surface area contributed by atoms with Gasteiger partial charge in [-0.05, 0) is 44.0 Å². The number of amides is 1. The van der Waals surface area contributed by atoms with Crippen LogP contribution in [0.2, 0.25) is 0 Å². The maximum absolute atomic E-state index is 12.7. The first kappa shape index (κ1) is 13.0. The first-order valence-corrected chi connectivity index (χ1v) is 6.40. The Bertz CT molecular complexity index is 405. The van der Waals surface area contributed by atoms with Crippen molar-refractivity contribution < 1.29 is 9.18 Å². The number of piperidine rings is 1. The Kier molecular flexibility index (Phi) is 4.31. The Morgan fingerprint density at radius 2 is 2.17 bits per heavy atom. The highest BCUT2D eigenvalue weighted by atomic mass is 19.1. The number of halogens is 1. The second-order valence-electron chi connectivity index (χ2n) is 4.92. The minimum atomic E-state index is -0.253. The first-order valence-electron chi connectivity index (χ1n) is 6.40. The molecule has 2 atom stereocenters. The van der Waals surface area contributed by atoms with Gasteiger partial charge in [-0.1, -0.05) is 12.1 Å². The Morgan fingerprint density at radius 3 is 2.83 bits per heavy atom. The summed E-state index contributed by atoms with van der Waals surface area (Å²) in [5.41, 5.74) is 0.923. The molecule has 1 fully saturated rings. The number of hydrogen-bond donors (Lipinski definition) is 2. The minimum Gasteiger partial charge on any atom is -0.352 e. The molecule has 0 spiro atoms. The van der Waals surface area contributed by atoms with Crippen LogP contribution in [0.4, 0.5) is 4.39 Å². The highest BCUT2D eigenvalue weighted by Gasteiger charge is 2.24. The molecule has 1 aromatic carbocycles. The zero-order valence-corrected chi connectivity index (χ0v) is 10.6. The van der Waals surface area contributed by atoms with E-state index in [1.807, 2.05) is 0 Å². The molecule has 0 unspecified atom stereocenters. The van der Waals surface area contributed by atoms with E-state index < -0.39 is 0 Å². The maximum Gasteiger partial charge on any atom is 0.223 e. The molecule has 1 aliphatic rings. The first-order chi connectivity index (χ1) is 8.65. The van der Waals surface area contributed by atoms with Gasteiger partial charge in [-0.2, -0.15) is 0 Å². The summed E-state index contributed by atoms with van der Waals surface area (Å²) < 4.78 is 12.7. The number of nitrogens with one attached hydrogen (secondary N) is 2. The van der Waals surface area contributed by atoms with E-state index in [4.69, 9.17) is 0 Å². The molecule has 0 bridgehead atoms. The van der Waals surface area contributed by atoms with Crippen LogP contribution >= 0.6 is 0 Å². The number of carbonyl (C=O) groups is 1. The lowest BCUT2D eigenvalue weighted by Gasteiger charge is -2.27. The fourth-order valence-electron chi connectivity index (χ4n) is 2.31. The summed E-state index contributed by atoms with van der Waals surface area (Å²) in [4.78, 5) is 12.0. The normalized spacial score (nSPS) is 23.7. The zero-order valence-electron chi connectivity index (χ0n) is 10.6. The monoisotopic (exact) mass is 250 g/mol. The highest BCUT2D eigenvalue weighted by Crippen LogP contribution is 2.16. The van der Waals surface area contributed by atoms with Gasteiger partial charge in [0.2, 0.25) is 5.91 Å². The molecule has 18 heavy (non-hydrogen) atoms. The molecule has 4 heteroatoms. The molecule has 1 amide bonds. The van der Waals surface area contributed by atoms with Gasteiger partial charge in [0, 0.05) is 18.5 Å². The summed E-state index contributed by atoms with van der Waals surface area (Å²) >= 11 is 0. The van der Waals surface area contributed by atoms with Gasteiger partial charge in [0.05, 0.1) is 0 Å². The second-order valence-corrected chi connectivity index (χ2v) is 4.92. The molecule has 2 N–H and O–H groups in total. The van der Waals surface area contributed by atoms with Crippen LogP contribution < -0.4 is 10.6 Å². The molecule has 0 saturated carbocycles. The van der Waals surface area contributed by atoms with E-state index in [0.717, 1.165) is 24.9 Å². The summed E-state index contributed by atoms with van der Waals surface area (Å²) in [6, 6.07) is 6.61. The van der Waals surface area contributed by atoms with E-state index in [-0.39, 0.29) is 17.6 Å². The third kappa shape index (κ3) is 3.53. The molecule has 2 rings (SSSR count). The summed E-state index contributed by atoms with van der Waals surface area (Å²) in [5.74, 6) is -0.0494. The van der Waals surface area contributed by atoms with Crippen molar-refractivity contribution in [2.75, 3.05) is 6.54 Å². The quantitative estimate of drug-likeness (QED) is 0.859. The largest absolute Gasteiger partial charge is 0.352 e. The lowest BCUT2D eigenvalue weighted by molar-refractivity contribution is -0.126. The van der Waals surface area contributed by atoms with Crippen molar-refractivity contribution in [1.29, 1.82) is 0 Å². The fraction of sp³-hybridized carbons (Fsp3) is 0.500. The van der Waals surface area contributed by atoms with Crippen LogP contribution in [0.25, 0.3) is 0 Å². The SMILES string of the molecule is C[C@H]1C[C@@H](C(=O)NCc2ccc(F)cc2)CCN1. The van der Waals surface area contributed by atoms with E-state index in [0.29, 0.717) is 12.6 Å². The van der Waals surface area contributed by atoms with Gasteiger partial charge in [-0.15, -0.1) is 0 Å². The van der Waals surface area contributed by atoms with Crippen LogP contribution in [-0.2, 0) is 11.3 Å². The van der Waals surface area contributed by atoms with Gasteiger partial charge in [-0.3, -0.25) is 4.79 Å². The third-order valence-corrected chi connectivity index (χ3v) is 3.37. The molecular weight excluding hydrogens is 231 g/mol. The van der Waals surface area contributed by atoms with Crippen molar-refractivity contribution in [1.82, 2.24) is 10.6 Å². The van der Waals surface area contributed by atoms with Gasteiger partial charge in [-0.25, -0.2) is 4.39 Å². The number of hydrogen-bond acceptors (Lipinski definition) is 2. The van der Waals surface area contributed by atoms with E-state index in [2.05, 4.69) is 17.6 Å². The predicted octanol–water partition coefficient (Wildman–Crippen LogP) is 1.83. The van der Waals surface area contributed by atoms with Crippen molar-refractivity contribution in [2.24, 2.45) is 5.92 Å². The summed E-state index contributed by atoms with van der Waals surface area (Å²) in [6.45, 7) is 3.46. The third-order valence-electron chi connectivity index (χ3n) is 3.37. The van der Waals surface area contributed by atoms with Crippen LogP contribution in [0.3, 0.4) is 0 Å². The molecule has 3 nitrogen and oxygen atoms in total. The van der Waals surface area contributed by atoms with E-state index in [1.165, 1.54) is 12.1 Å². The molecule has 1 saturated heterocycles. The summed E-state index contributed by atoms with van der Waals surface area (Å²) in [5, 5.41) is 6.24. The zero-order chi connectivity index (χ0) is 13.0. The minimum absolute atomic E-state index is 0.0988. The van der Waals surface area contributed by atoms with Gasteiger partial charge in [0.25, 0.3) is 0 Å². The molecule has 1 aromatic rings. The van der Waals surface area contributed by atoms with E-state index in [1.54, 1.807) is 12.1 Å². The van der Waals surface area contributed by atoms with Gasteiger partial charge in [0.1, 0.15) is 5.82 Å². The van der Waals surface area contributed by atoms with Crippen molar-refractivity contribution >= 4 is 5.91 Å².